The van der Waals surface area contributed by atoms with Crippen molar-refractivity contribution in [2.75, 3.05) is 26.7 Å². The number of nitrogens with zero attached hydrogens (tertiary/aromatic N) is 2. The minimum absolute atomic E-state index is 0. The monoisotopic (exact) mass is 460 g/mol. The van der Waals surface area contributed by atoms with Gasteiger partial charge in [0.05, 0.1) is 6.26 Å². The lowest BCUT2D eigenvalue weighted by Gasteiger charge is -2.18. The molecule has 0 bridgehead atoms. The zero-order valence-corrected chi connectivity index (χ0v) is 17.0. The number of benzene rings is 1. The van der Waals surface area contributed by atoms with Crippen LogP contribution in [-0.4, -0.2) is 37.5 Å². The largest absolute Gasteiger partial charge is 0.467 e. The molecular formula is C18H26FIN4O. The van der Waals surface area contributed by atoms with Gasteiger partial charge >= 0.3 is 0 Å². The van der Waals surface area contributed by atoms with E-state index in [1.165, 1.54) is 12.1 Å². The van der Waals surface area contributed by atoms with Gasteiger partial charge < -0.3 is 20.0 Å². The number of rotatable bonds is 8. The number of likely N-dealkylation sites (N-methyl/N-ethyl adjacent to an activating group) is 1. The summed E-state index contributed by atoms with van der Waals surface area (Å²) in [5.74, 6) is 1.40. The van der Waals surface area contributed by atoms with E-state index in [0.717, 1.165) is 43.5 Å². The lowest BCUT2D eigenvalue weighted by Crippen LogP contribution is -2.40. The average Bonchev–Trinajstić information content (AvgIpc) is 3.08. The highest BCUT2D eigenvalue weighted by Crippen LogP contribution is 2.05. The van der Waals surface area contributed by atoms with E-state index >= 15 is 0 Å². The molecule has 25 heavy (non-hydrogen) atoms. The fourth-order valence-electron chi connectivity index (χ4n) is 2.25. The molecule has 0 amide bonds. The summed E-state index contributed by atoms with van der Waals surface area (Å²) in [5, 5.41) is 6.52. The number of furan rings is 1. The zero-order valence-electron chi connectivity index (χ0n) is 14.7. The Bertz CT molecular complexity index is 617. The SMILES string of the molecule is CCNC(=NCc1ccco1)NCCN(C)Cc1ccc(F)cc1.I. The average molecular weight is 460 g/mol. The first-order chi connectivity index (χ1) is 11.7. The summed E-state index contributed by atoms with van der Waals surface area (Å²) in [7, 11) is 2.04. The predicted octanol–water partition coefficient (Wildman–Crippen LogP) is 3.22. The third-order valence-corrected chi connectivity index (χ3v) is 3.47. The first-order valence-electron chi connectivity index (χ1n) is 8.15. The molecule has 0 atom stereocenters. The van der Waals surface area contributed by atoms with Crippen molar-refractivity contribution in [1.82, 2.24) is 15.5 Å². The minimum atomic E-state index is -0.203. The fourth-order valence-corrected chi connectivity index (χ4v) is 2.25. The van der Waals surface area contributed by atoms with Crippen molar-refractivity contribution < 1.29 is 8.81 Å². The molecule has 2 N–H and O–H groups in total. The van der Waals surface area contributed by atoms with Gasteiger partial charge in [-0.15, -0.1) is 24.0 Å². The molecule has 0 unspecified atom stereocenters. The van der Waals surface area contributed by atoms with Gasteiger partial charge in [0.2, 0.25) is 0 Å². The van der Waals surface area contributed by atoms with Crippen molar-refractivity contribution in [1.29, 1.82) is 0 Å². The summed E-state index contributed by atoms with van der Waals surface area (Å²) in [5.41, 5.74) is 1.09. The summed E-state index contributed by atoms with van der Waals surface area (Å²) in [6.07, 6.45) is 1.65. The molecule has 7 heteroatoms. The molecule has 0 aliphatic heterocycles. The summed E-state index contributed by atoms with van der Waals surface area (Å²) in [6, 6.07) is 10.4. The second kappa shape index (κ2) is 11.9. The van der Waals surface area contributed by atoms with Gasteiger partial charge in [-0.3, -0.25) is 0 Å². The Morgan fingerprint density at radius 3 is 2.60 bits per heavy atom. The second-order valence-corrected chi connectivity index (χ2v) is 5.57. The van der Waals surface area contributed by atoms with Gasteiger partial charge in [-0.2, -0.15) is 0 Å². The van der Waals surface area contributed by atoms with E-state index in [-0.39, 0.29) is 29.8 Å². The number of aliphatic imine (C=N–C) groups is 1. The van der Waals surface area contributed by atoms with E-state index in [9.17, 15) is 4.39 Å². The minimum Gasteiger partial charge on any atom is -0.467 e. The number of hydrogen-bond acceptors (Lipinski definition) is 3. The highest BCUT2D eigenvalue weighted by molar-refractivity contribution is 14.0. The standard InChI is InChI=1S/C18H25FN4O.HI/c1-3-20-18(22-13-17-5-4-12-24-17)21-10-11-23(2)14-15-6-8-16(19)9-7-15;/h4-9,12H,3,10-11,13-14H2,1-2H3,(H2,20,21,22);1H. The Morgan fingerprint density at radius 2 is 1.96 bits per heavy atom. The van der Waals surface area contributed by atoms with Crippen molar-refractivity contribution in [2.45, 2.75) is 20.0 Å². The molecule has 0 radical (unpaired) electrons. The van der Waals surface area contributed by atoms with E-state index < -0.39 is 0 Å². The molecular weight excluding hydrogens is 434 g/mol. The van der Waals surface area contributed by atoms with Crippen LogP contribution in [0.25, 0.3) is 0 Å². The molecule has 138 valence electrons. The summed E-state index contributed by atoms with van der Waals surface area (Å²) in [4.78, 5) is 6.66. The third-order valence-electron chi connectivity index (χ3n) is 3.47. The van der Waals surface area contributed by atoms with Crippen LogP contribution in [0.5, 0.6) is 0 Å². The van der Waals surface area contributed by atoms with Crippen LogP contribution in [0.2, 0.25) is 0 Å². The van der Waals surface area contributed by atoms with Crippen molar-refractivity contribution >= 4 is 29.9 Å². The normalized spacial score (nSPS) is 11.3. The molecule has 0 fully saturated rings. The molecule has 0 saturated heterocycles. The molecule has 1 aromatic heterocycles. The van der Waals surface area contributed by atoms with E-state index in [2.05, 4.69) is 20.5 Å². The molecule has 2 aromatic rings. The topological polar surface area (TPSA) is 52.8 Å². The Kier molecular flexibility index (Phi) is 10.2. The highest BCUT2D eigenvalue weighted by Gasteiger charge is 2.03. The van der Waals surface area contributed by atoms with Crippen molar-refractivity contribution in [3.8, 4) is 0 Å². The van der Waals surface area contributed by atoms with Crippen molar-refractivity contribution in [3.63, 3.8) is 0 Å². The molecule has 5 nitrogen and oxygen atoms in total. The van der Waals surface area contributed by atoms with Crippen LogP contribution in [0.15, 0.2) is 52.1 Å². The smallest absolute Gasteiger partial charge is 0.191 e. The number of hydrogen-bond donors (Lipinski definition) is 2. The van der Waals surface area contributed by atoms with Gasteiger partial charge in [-0.25, -0.2) is 9.38 Å². The van der Waals surface area contributed by atoms with E-state index in [1.54, 1.807) is 6.26 Å². The Morgan fingerprint density at radius 1 is 1.20 bits per heavy atom. The maximum atomic E-state index is 12.9. The number of halogens is 2. The van der Waals surface area contributed by atoms with Gasteiger partial charge in [0.15, 0.2) is 5.96 Å². The third kappa shape index (κ3) is 8.35. The van der Waals surface area contributed by atoms with Gasteiger partial charge in [0.1, 0.15) is 18.1 Å². The molecule has 1 heterocycles. The highest BCUT2D eigenvalue weighted by atomic mass is 127. The Hall–Kier alpha value is -1.61. The van der Waals surface area contributed by atoms with Crippen LogP contribution in [0.3, 0.4) is 0 Å². The van der Waals surface area contributed by atoms with Crippen molar-refractivity contribution in [2.24, 2.45) is 4.99 Å². The first kappa shape index (κ1) is 21.4. The van der Waals surface area contributed by atoms with Crippen LogP contribution >= 0.6 is 24.0 Å². The molecule has 2 rings (SSSR count). The Balaban J connectivity index is 0.00000312. The number of guanidine groups is 1. The number of nitrogens with one attached hydrogen (secondary N) is 2. The quantitative estimate of drug-likeness (QED) is 0.361. The van der Waals surface area contributed by atoms with E-state index in [4.69, 9.17) is 4.42 Å². The van der Waals surface area contributed by atoms with E-state index in [0.29, 0.717) is 6.54 Å². The van der Waals surface area contributed by atoms with Crippen LogP contribution in [0, 0.1) is 5.82 Å². The van der Waals surface area contributed by atoms with Crippen LogP contribution < -0.4 is 10.6 Å². The molecule has 0 aliphatic carbocycles. The lowest BCUT2D eigenvalue weighted by atomic mass is 10.2. The molecule has 1 aromatic carbocycles. The van der Waals surface area contributed by atoms with Crippen LogP contribution in [0.1, 0.15) is 18.2 Å². The van der Waals surface area contributed by atoms with Gasteiger partial charge in [0.25, 0.3) is 0 Å². The van der Waals surface area contributed by atoms with Gasteiger partial charge in [-0.05, 0) is 43.8 Å². The van der Waals surface area contributed by atoms with Gasteiger partial charge in [-0.1, -0.05) is 12.1 Å². The van der Waals surface area contributed by atoms with Crippen LogP contribution in [0.4, 0.5) is 4.39 Å². The molecule has 0 aliphatic rings. The molecule has 0 saturated carbocycles. The zero-order chi connectivity index (χ0) is 17.2. The lowest BCUT2D eigenvalue weighted by molar-refractivity contribution is 0.331. The molecule has 0 spiro atoms. The summed E-state index contributed by atoms with van der Waals surface area (Å²) < 4.78 is 18.2. The summed E-state index contributed by atoms with van der Waals surface area (Å²) >= 11 is 0. The maximum absolute atomic E-state index is 12.9. The predicted molar refractivity (Wildman–Crippen MR) is 110 cm³/mol. The van der Waals surface area contributed by atoms with Crippen molar-refractivity contribution in [3.05, 3.63) is 59.8 Å². The second-order valence-electron chi connectivity index (χ2n) is 5.57. The van der Waals surface area contributed by atoms with Crippen LogP contribution in [-0.2, 0) is 13.1 Å². The maximum Gasteiger partial charge on any atom is 0.191 e. The fraction of sp³-hybridized carbons (Fsp3) is 0.389. The van der Waals surface area contributed by atoms with Gasteiger partial charge in [0, 0.05) is 26.2 Å². The summed E-state index contributed by atoms with van der Waals surface area (Å²) in [6.45, 7) is 5.74. The Labute approximate surface area is 165 Å². The van der Waals surface area contributed by atoms with E-state index in [1.807, 2.05) is 38.2 Å². The first-order valence-corrected chi connectivity index (χ1v) is 8.15.